The van der Waals surface area contributed by atoms with E-state index in [-0.39, 0.29) is 10.8 Å². The number of rotatable bonds is 4. The number of para-hydroxylation sites is 1. The summed E-state index contributed by atoms with van der Waals surface area (Å²) in [6.07, 6.45) is 1.76. The number of aryl methyl sites for hydroxylation is 1. The minimum absolute atomic E-state index is 0.0495. The fourth-order valence-electron chi connectivity index (χ4n) is 3.63. The number of hydrogen-bond donors (Lipinski definition) is 2. The van der Waals surface area contributed by atoms with Crippen molar-refractivity contribution >= 4 is 44.6 Å². The molecule has 0 bridgehead atoms. The van der Waals surface area contributed by atoms with Gasteiger partial charge in [0.1, 0.15) is 0 Å². The third-order valence-corrected chi connectivity index (χ3v) is 6.74. The van der Waals surface area contributed by atoms with Crippen molar-refractivity contribution in [3.63, 3.8) is 0 Å². The van der Waals surface area contributed by atoms with Crippen LogP contribution >= 0.6 is 11.6 Å². The van der Waals surface area contributed by atoms with Crippen LogP contribution in [0.1, 0.15) is 18.4 Å². The Kier molecular flexibility index (Phi) is 5.67. The highest BCUT2D eigenvalue weighted by Gasteiger charge is 2.23. The van der Waals surface area contributed by atoms with E-state index in [4.69, 9.17) is 16.3 Å². The lowest BCUT2D eigenvalue weighted by atomic mass is 10.1. The molecule has 1 saturated heterocycles. The maximum absolute atomic E-state index is 13.1. The molecule has 2 aromatic rings. The van der Waals surface area contributed by atoms with Gasteiger partial charge in [-0.1, -0.05) is 17.7 Å². The summed E-state index contributed by atoms with van der Waals surface area (Å²) in [5.74, 6) is -0.0495. The summed E-state index contributed by atoms with van der Waals surface area (Å²) < 4.78 is 34.3. The van der Waals surface area contributed by atoms with Crippen molar-refractivity contribution in [3.8, 4) is 0 Å². The van der Waals surface area contributed by atoms with E-state index in [0.717, 1.165) is 5.56 Å². The van der Waals surface area contributed by atoms with Crippen molar-refractivity contribution in [1.29, 1.82) is 0 Å². The number of nitrogens with zero attached hydrogens (tertiary/aromatic N) is 1. The van der Waals surface area contributed by atoms with Gasteiger partial charge in [-0.05, 0) is 48.7 Å². The molecule has 2 aromatic carbocycles. The molecule has 2 aliphatic rings. The molecule has 2 aliphatic heterocycles. The molecule has 0 aromatic heterocycles. The van der Waals surface area contributed by atoms with Crippen molar-refractivity contribution in [2.75, 3.05) is 41.2 Å². The Balaban J connectivity index is 1.65. The number of nitrogens with one attached hydrogen (secondary N) is 2. The van der Waals surface area contributed by atoms with E-state index in [9.17, 15) is 13.2 Å². The van der Waals surface area contributed by atoms with Crippen molar-refractivity contribution in [3.05, 3.63) is 47.0 Å². The van der Waals surface area contributed by atoms with Crippen LogP contribution in [0.25, 0.3) is 0 Å². The first-order chi connectivity index (χ1) is 13.9. The Morgan fingerprint density at radius 3 is 2.69 bits per heavy atom. The van der Waals surface area contributed by atoms with Gasteiger partial charge in [-0.2, -0.15) is 0 Å². The molecule has 29 heavy (non-hydrogen) atoms. The van der Waals surface area contributed by atoms with Crippen LogP contribution in [0.3, 0.4) is 0 Å². The quantitative estimate of drug-likeness (QED) is 0.769. The highest BCUT2D eigenvalue weighted by atomic mass is 35.5. The van der Waals surface area contributed by atoms with E-state index in [0.29, 0.717) is 67.7 Å². The number of anilines is 3. The molecule has 4 rings (SSSR count). The molecule has 9 heteroatoms. The lowest BCUT2D eigenvalue weighted by molar-refractivity contribution is -0.116. The predicted molar refractivity (Wildman–Crippen MR) is 113 cm³/mol. The fraction of sp³-hybridized carbons (Fsp3) is 0.350. The van der Waals surface area contributed by atoms with Crippen LogP contribution in [-0.4, -0.2) is 40.6 Å². The summed E-state index contributed by atoms with van der Waals surface area (Å²) in [6, 6.07) is 9.95. The fourth-order valence-corrected chi connectivity index (χ4v) is 5.04. The largest absolute Gasteiger partial charge is 0.378 e. The molecule has 0 radical (unpaired) electrons. The SMILES string of the molecule is O=C1CCCc2cc(S(=O)(=O)Nc3cccc(Cl)c3N3CCOCC3)ccc2N1. The first kappa shape index (κ1) is 20.0. The van der Waals surface area contributed by atoms with Gasteiger partial charge < -0.3 is 15.0 Å². The van der Waals surface area contributed by atoms with Crippen LogP contribution in [0.15, 0.2) is 41.3 Å². The smallest absolute Gasteiger partial charge is 0.261 e. The van der Waals surface area contributed by atoms with E-state index < -0.39 is 10.0 Å². The topological polar surface area (TPSA) is 87.7 Å². The molecule has 0 spiro atoms. The van der Waals surface area contributed by atoms with Crippen LogP contribution in [0, 0.1) is 0 Å². The van der Waals surface area contributed by atoms with E-state index in [2.05, 4.69) is 10.0 Å². The maximum atomic E-state index is 13.1. The highest BCUT2D eigenvalue weighted by Crippen LogP contribution is 2.36. The molecule has 0 aliphatic carbocycles. The minimum Gasteiger partial charge on any atom is -0.378 e. The normalized spacial score (nSPS) is 17.3. The molecule has 0 atom stereocenters. The first-order valence-corrected chi connectivity index (χ1v) is 11.4. The van der Waals surface area contributed by atoms with E-state index in [1.54, 1.807) is 30.3 Å². The number of halogens is 1. The van der Waals surface area contributed by atoms with Crippen molar-refractivity contribution in [2.24, 2.45) is 0 Å². The minimum atomic E-state index is -3.83. The van der Waals surface area contributed by atoms with Gasteiger partial charge in [-0.25, -0.2) is 8.42 Å². The monoisotopic (exact) mass is 435 g/mol. The van der Waals surface area contributed by atoms with Gasteiger partial charge in [0.25, 0.3) is 10.0 Å². The zero-order valence-corrected chi connectivity index (χ0v) is 17.4. The number of ether oxygens (including phenoxy) is 1. The second-order valence-corrected chi connectivity index (χ2v) is 9.15. The van der Waals surface area contributed by atoms with Gasteiger partial charge in [0.05, 0.1) is 34.5 Å². The Bertz CT molecular complexity index is 1040. The number of benzene rings is 2. The molecular formula is C20H22ClN3O4S. The van der Waals surface area contributed by atoms with E-state index in [1.165, 1.54) is 6.07 Å². The zero-order chi connectivity index (χ0) is 20.4. The number of carbonyl (C=O) groups excluding carboxylic acids is 1. The molecular weight excluding hydrogens is 414 g/mol. The number of carbonyl (C=O) groups is 1. The van der Waals surface area contributed by atoms with Crippen molar-refractivity contribution in [1.82, 2.24) is 0 Å². The Hall–Kier alpha value is -2.29. The third-order valence-electron chi connectivity index (χ3n) is 5.07. The number of sulfonamides is 1. The molecule has 2 N–H and O–H groups in total. The number of hydrogen-bond acceptors (Lipinski definition) is 5. The van der Waals surface area contributed by atoms with Crippen LogP contribution in [0.2, 0.25) is 5.02 Å². The second-order valence-electron chi connectivity index (χ2n) is 7.06. The third kappa shape index (κ3) is 4.34. The van der Waals surface area contributed by atoms with Crippen LogP contribution in [0.5, 0.6) is 0 Å². The summed E-state index contributed by atoms with van der Waals surface area (Å²) in [5.41, 5.74) is 2.58. The summed E-state index contributed by atoms with van der Waals surface area (Å²) >= 11 is 6.41. The molecule has 0 unspecified atom stereocenters. The molecule has 2 heterocycles. The number of fused-ring (bicyclic) bond motifs is 1. The molecule has 0 saturated carbocycles. The average molecular weight is 436 g/mol. The van der Waals surface area contributed by atoms with Crippen molar-refractivity contribution in [2.45, 2.75) is 24.2 Å². The molecule has 7 nitrogen and oxygen atoms in total. The Morgan fingerprint density at radius 1 is 1.10 bits per heavy atom. The van der Waals surface area contributed by atoms with Gasteiger partial charge in [0, 0.05) is 25.2 Å². The summed E-state index contributed by atoms with van der Waals surface area (Å²) in [7, 11) is -3.83. The van der Waals surface area contributed by atoms with Gasteiger partial charge in [-0.15, -0.1) is 0 Å². The number of morpholine rings is 1. The van der Waals surface area contributed by atoms with Gasteiger partial charge in [-0.3, -0.25) is 9.52 Å². The van der Waals surface area contributed by atoms with Crippen LogP contribution < -0.4 is 14.9 Å². The standard InChI is InChI=1S/C20H22ClN3O4S/c21-16-4-2-5-18(20(16)24-9-11-28-12-10-24)23-29(26,27)15-7-8-17-14(13-15)3-1-6-19(25)22-17/h2,4-5,7-8,13,23H,1,3,6,9-12H2,(H,22,25). The van der Waals surface area contributed by atoms with Crippen molar-refractivity contribution < 1.29 is 17.9 Å². The lowest BCUT2D eigenvalue weighted by Crippen LogP contribution is -2.37. The summed E-state index contributed by atoms with van der Waals surface area (Å²) in [5, 5.41) is 3.30. The van der Waals surface area contributed by atoms with E-state index >= 15 is 0 Å². The Morgan fingerprint density at radius 2 is 1.90 bits per heavy atom. The van der Waals surface area contributed by atoms with Gasteiger partial charge in [0.15, 0.2) is 0 Å². The van der Waals surface area contributed by atoms with Crippen LogP contribution in [-0.2, 0) is 26.0 Å². The van der Waals surface area contributed by atoms with Crippen LogP contribution in [0.4, 0.5) is 17.1 Å². The molecule has 1 amide bonds. The highest BCUT2D eigenvalue weighted by molar-refractivity contribution is 7.92. The van der Waals surface area contributed by atoms with Gasteiger partial charge >= 0.3 is 0 Å². The predicted octanol–water partition coefficient (Wildman–Crippen LogP) is 3.25. The van der Waals surface area contributed by atoms with E-state index in [1.807, 2.05) is 4.90 Å². The Labute approximate surface area is 175 Å². The first-order valence-electron chi connectivity index (χ1n) is 9.51. The van der Waals surface area contributed by atoms with Gasteiger partial charge in [0.2, 0.25) is 5.91 Å². The summed E-state index contributed by atoms with van der Waals surface area (Å²) in [4.78, 5) is 13.9. The zero-order valence-electron chi connectivity index (χ0n) is 15.8. The molecule has 1 fully saturated rings. The molecule has 154 valence electrons. The second kappa shape index (κ2) is 8.22. The lowest BCUT2D eigenvalue weighted by Gasteiger charge is -2.31. The maximum Gasteiger partial charge on any atom is 0.261 e. The number of amides is 1. The summed E-state index contributed by atoms with van der Waals surface area (Å²) in [6.45, 7) is 2.40. The average Bonchev–Trinajstić information content (AvgIpc) is 2.88.